The van der Waals surface area contributed by atoms with Crippen molar-refractivity contribution in [2.75, 3.05) is 0 Å². The Hall–Kier alpha value is -2.48. The fraction of sp³-hybridized carbons (Fsp3) is 0.636. The summed E-state index contributed by atoms with van der Waals surface area (Å²) in [4.78, 5) is 24.9. The minimum absolute atomic E-state index is 0.183. The van der Waals surface area contributed by atoms with E-state index in [4.69, 9.17) is 5.73 Å². The van der Waals surface area contributed by atoms with Gasteiger partial charge in [0.15, 0.2) is 11.5 Å². The second-order valence-corrected chi connectivity index (χ2v) is 9.65. The molecule has 0 aliphatic heterocycles. The second kappa shape index (κ2) is 9.55. The number of nitrogens with two attached hydrogens (primary N) is 1. The van der Waals surface area contributed by atoms with Crippen molar-refractivity contribution in [3.63, 3.8) is 0 Å². The van der Waals surface area contributed by atoms with Crippen molar-refractivity contribution in [1.29, 1.82) is 0 Å². The normalized spacial score (nSPS) is 16.2. The molecule has 1 atom stereocenters. The third kappa shape index (κ3) is 7.40. The molecule has 8 heteroatoms. The van der Waals surface area contributed by atoms with Gasteiger partial charge in [-0.2, -0.15) is 0 Å². The standard InChI is InChI=1S/C22H36N4O4/c1-21(2,13-22(3,4)26-20(30)24-15-7-5-6-8-15)25-19(29)16(23)11-14-9-10-17(27)18(28)12-14/h9-10,12,15-16,27-28H,5-8,11,13,23H2,1-4H3,(H,25,29)(H2,24,26,30)/t16-/m1/s1. The van der Waals surface area contributed by atoms with E-state index in [9.17, 15) is 19.8 Å². The van der Waals surface area contributed by atoms with Crippen molar-refractivity contribution in [3.05, 3.63) is 23.8 Å². The van der Waals surface area contributed by atoms with Crippen LogP contribution in [-0.2, 0) is 11.2 Å². The van der Waals surface area contributed by atoms with Crippen LogP contribution in [0.3, 0.4) is 0 Å². The predicted molar refractivity (Wildman–Crippen MR) is 116 cm³/mol. The maximum Gasteiger partial charge on any atom is 0.315 e. The average molecular weight is 421 g/mol. The van der Waals surface area contributed by atoms with Crippen LogP contribution in [0.5, 0.6) is 11.5 Å². The van der Waals surface area contributed by atoms with E-state index in [2.05, 4.69) is 16.0 Å². The van der Waals surface area contributed by atoms with E-state index in [1.807, 2.05) is 27.7 Å². The van der Waals surface area contributed by atoms with Crippen molar-refractivity contribution >= 4 is 11.9 Å². The summed E-state index contributed by atoms with van der Waals surface area (Å²) in [5.41, 5.74) is 5.56. The number of benzene rings is 1. The Morgan fingerprint density at radius 3 is 2.27 bits per heavy atom. The van der Waals surface area contributed by atoms with E-state index in [-0.39, 0.29) is 35.9 Å². The lowest BCUT2D eigenvalue weighted by atomic mass is 9.86. The number of phenols is 2. The van der Waals surface area contributed by atoms with Crippen molar-refractivity contribution < 1.29 is 19.8 Å². The fourth-order valence-electron chi connectivity index (χ4n) is 4.26. The highest BCUT2D eigenvalue weighted by molar-refractivity contribution is 5.82. The van der Waals surface area contributed by atoms with Gasteiger partial charge in [-0.15, -0.1) is 0 Å². The van der Waals surface area contributed by atoms with Gasteiger partial charge in [0.25, 0.3) is 0 Å². The molecule has 0 aromatic heterocycles. The Kier molecular flexibility index (Phi) is 7.58. The van der Waals surface area contributed by atoms with Crippen LogP contribution < -0.4 is 21.7 Å². The van der Waals surface area contributed by atoms with E-state index in [1.54, 1.807) is 6.07 Å². The first-order valence-corrected chi connectivity index (χ1v) is 10.5. The van der Waals surface area contributed by atoms with Crippen molar-refractivity contribution in [2.24, 2.45) is 5.73 Å². The minimum Gasteiger partial charge on any atom is -0.504 e. The van der Waals surface area contributed by atoms with Crippen molar-refractivity contribution in [3.8, 4) is 11.5 Å². The summed E-state index contributed by atoms with van der Waals surface area (Å²) in [5.74, 6) is -0.785. The van der Waals surface area contributed by atoms with Gasteiger partial charge < -0.3 is 31.9 Å². The quantitative estimate of drug-likeness (QED) is 0.359. The van der Waals surface area contributed by atoms with Crippen LogP contribution in [0.2, 0.25) is 0 Å². The molecule has 168 valence electrons. The van der Waals surface area contributed by atoms with Gasteiger partial charge in [-0.1, -0.05) is 18.9 Å². The highest BCUT2D eigenvalue weighted by Gasteiger charge is 2.33. The molecular weight excluding hydrogens is 384 g/mol. The summed E-state index contributed by atoms with van der Waals surface area (Å²) in [6, 6.07) is 3.62. The van der Waals surface area contributed by atoms with Crippen LogP contribution in [0, 0.1) is 0 Å². The zero-order valence-electron chi connectivity index (χ0n) is 18.4. The van der Waals surface area contributed by atoms with Crippen LogP contribution in [-0.4, -0.2) is 45.3 Å². The van der Waals surface area contributed by atoms with Gasteiger partial charge in [0.1, 0.15) is 0 Å². The van der Waals surface area contributed by atoms with Gasteiger partial charge in [-0.25, -0.2) is 4.79 Å². The van der Waals surface area contributed by atoms with Crippen LogP contribution in [0.1, 0.15) is 65.4 Å². The molecule has 1 aromatic carbocycles. The SMILES string of the molecule is CC(C)(CC(C)(C)NC(=O)[C@H](N)Cc1ccc(O)c(O)c1)NC(=O)NC1CCCC1. The molecule has 30 heavy (non-hydrogen) atoms. The molecule has 0 heterocycles. The summed E-state index contributed by atoms with van der Waals surface area (Å²) in [5, 5.41) is 28.0. The molecule has 1 aromatic rings. The number of amides is 3. The number of rotatable bonds is 8. The van der Waals surface area contributed by atoms with E-state index in [0.29, 0.717) is 12.0 Å². The molecule has 0 bridgehead atoms. The molecule has 7 N–H and O–H groups in total. The maximum atomic E-state index is 12.6. The number of hydrogen-bond acceptors (Lipinski definition) is 5. The third-order valence-electron chi connectivity index (χ3n) is 5.32. The Labute approximate surface area is 178 Å². The Balaban J connectivity index is 1.87. The maximum absolute atomic E-state index is 12.6. The van der Waals surface area contributed by atoms with E-state index in [0.717, 1.165) is 25.7 Å². The van der Waals surface area contributed by atoms with Crippen molar-refractivity contribution in [2.45, 2.75) is 89.4 Å². The number of aromatic hydroxyl groups is 2. The van der Waals surface area contributed by atoms with Crippen molar-refractivity contribution in [1.82, 2.24) is 16.0 Å². The monoisotopic (exact) mass is 420 g/mol. The number of carbonyl (C=O) groups excluding carboxylic acids is 2. The zero-order valence-corrected chi connectivity index (χ0v) is 18.4. The van der Waals surface area contributed by atoms with E-state index < -0.39 is 17.1 Å². The van der Waals surface area contributed by atoms with Gasteiger partial charge in [0.05, 0.1) is 6.04 Å². The first kappa shape index (κ1) is 23.8. The van der Waals surface area contributed by atoms with Crippen LogP contribution in [0.25, 0.3) is 0 Å². The summed E-state index contributed by atoms with van der Waals surface area (Å²) in [6.45, 7) is 7.63. The number of hydrogen-bond donors (Lipinski definition) is 6. The van der Waals surface area contributed by atoms with Crippen LogP contribution in [0.15, 0.2) is 18.2 Å². The fourth-order valence-corrected chi connectivity index (χ4v) is 4.26. The highest BCUT2D eigenvalue weighted by Crippen LogP contribution is 2.25. The summed E-state index contributed by atoms with van der Waals surface area (Å²) >= 11 is 0. The largest absolute Gasteiger partial charge is 0.504 e. The summed E-state index contributed by atoms with van der Waals surface area (Å²) in [7, 11) is 0. The Morgan fingerprint density at radius 1 is 1.07 bits per heavy atom. The molecule has 1 aliphatic rings. The molecule has 1 aliphatic carbocycles. The van der Waals surface area contributed by atoms with Crippen LogP contribution >= 0.6 is 0 Å². The second-order valence-electron chi connectivity index (χ2n) is 9.65. The smallest absolute Gasteiger partial charge is 0.315 e. The lowest BCUT2D eigenvalue weighted by molar-refractivity contribution is -0.124. The topological polar surface area (TPSA) is 137 Å². The first-order valence-electron chi connectivity index (χ1n) is 10.5. The zero-order chi connectivity index (χ0) is 22.5. The molecule has 1 fully saturated rings. The average Bonchev–Trinajstić information content (AvgIpc) is 3.08. The molecule has 0 unspecified atom stereocenters. The lowest BCUT2D eigenvalue weighted by Gasteiger charge is -2.37. The third-order valence-corrected chi connectivity index (χ3v) is 5.32. The predicted octanol–water partition coefficient (Wildman–Crippen LogP) is 2.27. The Bertz CT molecular complexity index is 758. The molecule has 1 saturated carbocycles. The van der Waals surface area contributed by atoms with Gasteiger partial charge in [0, 0.05) is 17.1 Å². The molecule has 0 radical (unpaired) electrons. The number of urea groups is 1. The van der Waals surface area contributed by atoms with Gasteiger partial charge in [-0.05, 0) is 71.1 Å². The number of nitrogens with one attached hydrogen (secondary N) is 3. The van der Waals surface area contributed by atoms with Crippen LogP contribution in [0.4, 0.5) is 4.79 Å². The van der Waals surface area contributed by atoms with E-state index in [1.165, 1.54) is 12.1 Å². The minimum atomic E-state index is -0.810. The number of phenolic OH excluding ortho intramolecular Hbond substituents is 2. The summed E-state index contributed by atoms with van der Waals surface area (Å²) in [6.07, 6.45) is 5.07. The molecule has 0 spiro atoms. The lowest BCUT2D eigenvalue weighted by Crippen LogP contribution is -2.58. The van der Waals surface area contributed by atoms with Gasteiger partial charge in [0.2, 0.25) is 5.91 Å². The van der Waals surface area contributed by atoms with Gasteiger partial charge in [-0.3, -0.25) is 4.79 Å². The molecule has 3 amide bonds. The van der Waals surface area contributed by atoms with Gasteiger partial charge >= 0.3 is 6.03 Å². The van der Waals surface area contributed by atoms with E-state index >= 15 is 0 Å². The molecule has 8 nitrogen and oxygen atoms in total. The molecule has 0 saturated heterocycles. The first-order chi connectivity index (χ1) is 13.9. The Morgan fingerprint density at radius 2 is 1.67 bits per heavy atom. The molecule has 2 rings (SSSR count). The molecular formula is C22H36N4O4. The summed E-state index contributed by atoms with van der Waals surface area (Å²) < 4.78 is 0. The highest BCUT2D eigenvalue weighted by atomic mass is 16.3. The number of carbonyl (C=O) groups is 2.